The van der Waals surface area contributed by atoms with E-state index in [9.17, 15) is 0 Å². The number of benzene rings is 1. The van der Waals surface area contributed by atoms with Crippen LogP contribution in [0.4, 0.5) is 11.6 Å². The van der Waals surface area contributed by atoms with E-state index in [1.54, 1.807) is 7.11 Å². The zero-order valence-corrected chi connectivity index (χ0v) is 10.7. The highest BCUT2D eigenvalue weighted by molar-refractivity contribution is 5.62. The second-order valence-corrected chi connectivity index (χ2v) is 4.67. The minimum Gasteiger partial charge on any atom is -0.495 e. The van der Waals surface area contributed by atoms with Crippen molar-refractivity contribution in [3.05, 3.63) is 36.2 Å². The van der Waals surface area contributed by atoms with Gasteiger partial charge >= 0.3 is 0 Å². The SMILES string of the molecule is COc1ccccc1Nc1nc(C)cn1C1CC1. The van der Waals surface area contributed by atoms with Crippen molar-refractivity contribution >= 4 is 11.6 Å². The fourth-order valence-corrected chi connectivity index (χ4v) is 2.11. The standard InChI is InChI=1S/C14H17N3O/c1-10-9-17(11-7-8-11)14(15-10)16-12-5-3-4-6-13(12)18-2/h3-6,9,11H,7-8H2,1-2H3,(H,15,16). The summed E-state index contributed by atoms with van der Waals surface area (Å²) in [5, 5.41) is 3.36. The number of imidazole rings is 1. The molecule has 1 aromatic heterocycles. The van der Waals surface area contributed by atoms with Crippen LogP contribution in [0.2, 0.25) is 0 Å². The minimum absolute atomic E-state index is 0.614. The Balaban J connectivity index is 1.91. The van der Waals surface area contributed by atoms with Gasteiger partial charge in [0.15, 0.2) is 0 Å². The van der Waals surface area contributed by atoms with Crippen molar-refractivity contribution in [1.82, 2.24) is 9.55 Å². The summed E-state index contributed by atoms with van der Waals surface area (Å²) in [6, 6.07) is 8.51. The van der Waals surface area contributed by atoms with Crippen LogP contribution in [-0.2, 0) is 0 Å². The normalized spacial score (nSPS) is 14.6. The van der Waals surface area contributed by atoms with Crippen molar-refractivity contribution in [2.75, 3.05) is 12.4 Å². The maximum Gasteiger partial charge on any atom is 0.207 e. The molecule has 0 bridgehead atoms. The lowest BCUT2D eigenvalue weighted by Gasteiger charge is -2.11. The summed E-state index contributed by atoms with van der Waals surface area (Å²) in [6.07, 6.45) is 4.60. The second kappa shape index (κ2) is 4.37. The number of hydrogen-bond acceptors (Lipinski definition) is 3. The van der Waals surface area contributed by atoms with Crippen LogP contribution in [0.15, 0.2) is 30.5 Å². The van der Waals surface area contributed by atoms with Crippen LogP contribution in [0.3, 0.4) is 0 Å². The molecule has 1 N–H and O–H groups in total. The third kappa shape index (κ3) is 2.06. The zero-order chi connectivity index (χ0) is 12.5. The van der Waals surface area contributed by atoms with Crippen LogP contribution >= 0.6 is 0 Å². The molecule has 1 aromatic carbocycles. The number of nitrogens with zero attached hydrogens (tertiary/aromatic N) is 2. The molecule has 0 saturated heterocycles. The van der Waals surface area contributed by atoms with E-state index in [1.165, 1.54) is 12.8 Å². The van der Waals surface area contributed by atoms with Gasteiger partial charge in [0, 0.05) is 12.2 Å². The van der Waals surface area contributed by atoms with Gasteiger partial charge in [0.25, 0.3) is 0 Å². The first-order valence-corrected chi connectivity index (χ1v) is 6.23. The van der Waals surface area contributed by atoms with Gasteiger partial charge in [-0.05, 0) is 31.9 Å². The molecule has 0 atom stereocenters. The van der Waals surface area contributed by atoms with Crippen LogP contribution in [0.5, 0.6) is 5.75 Å². The van der Waals surface area contributed by atoms with E-state index in [2.05, 4.69) is 21.1 Å². The van der Waals surface area contributed by atoms with Crippen LogP contribution in [-0.4, -0.2) is 16.7 Å². The van der Waals surface area contributed by atoms with E-state index in [4.69, 9.17) is 4.74 Å². The van der Waals surface area contributed by atoms with E-state index >= 15 is 0 Å². The molecule has 18 heavy (non-hydrogen) atoms. The Morgan fingerprint density at radius 3 is 2.83 bits per heavy atom. The highest BCUT2D eigenvalue weighted by Gasteiger charge is 2.26. The predicted molar refractivity (Wildman–Crippen MR) is 71.5 cm³/mol. The number of hydrogen-bond donors (Lipinski definition) is 1. The Morgan fingerprint density at radius 2 is 2.11 bits per heavy atom. The number of para-hydroxylation sites is 2. The van der Waals surface area contributed by atoms with Crippen LogP contribution < -0.4 is 10.1 Å². The third-order valence-corrected chi connectivity index (χ3v) is 3.15. The van der Waals surface area contributed by atoms with Gasteiger partial charge in [-0.1, -0.05) is 12.1 Å². The summed E-state index contributed by atoms with van der Waals surface area (Å²) in [4.78, 5) is 4.54. The molecule has 1 heterocycles. The summed E-state index contributed by atoms with van der Waals surface area (Å²) in [7, 11) is 1.68. The Labute approximate surface area is 107 Å². The van der Waals surface area contributed by atoms with Crippen molar-refractivity contribution in [1.29, 1.82) is 0 Å². The number of nitrogens with one attached hydrogen (secondary N) is 1. The Bertz CT molecular complexity index is 558. The van der Waals surface area contributed by atoms with Crippen LogP contribution in [0, 0.1) is 6.92 Å². The lowest BCUT2D eigenvalue weighted by Crippen LogP contribution is -2.02. The van der Waals surface area contributed by atoms with Gasteiger partial charge in [0.2, 0.25) is 5.95 Å². The number of methoxy groups -OCH3 is 1. The molecular weight excluding hydrogens is 226 g/mol. The molecule has 0 spiro atoms. The highest BCUT2D eigenvalue weighted by atomic mass is 16.5. The van der Waals surface area contributed by atoms with Gasteiger partial charge in [-0.15, -0.1) is 0 Å². The van der Waals surface area contributed by atoms with Gasteiger partial charge in [-0.3, -0.25) is 0 Å². The number of aryl methyl sites for hydroxylation is 1. The average Bonchev–Trinajstić information content (AvgIpc) is 3.15. The van der Waals surface area contributed by atoms with Crippen LogP contribution in [0.1, 0.15) is 24.6 Å². The van der Waals surface area contributed by atoms with Crippen molar-refractivity contribution in [2.45, 2.75) is 25.8 Å². The van der Waals surface area contributed by atoms with Crippen LogP contribution in [0.25, 0.3) is 0 Å². The molecule has 1 fully saturated rings. The largest absolute Gasteiger partial charge is 0.495 e. The highest BCUT2D eigenvalue weighted by Crippen LogP contribution is 2.38. The summed E-state index contributed by atoms with van der Waals surface area (Å²) in [6.45, 7) is 2.02. The zero-order valence-electron chi connectivity index (χ0n) is 10.7. The maximum atomic E-state index is 5.34. The molecule has 4 heteroatoms. The van der Waals surface area contributed by atoms with E-state index in [-0.39, 0.29) is 0 Å². The molecule has 0 amide bonds. The molecule has 2 aromatic rings. The number of aromatic nitrogens is 2. The van der Waals surface area contributed by atoms with E-state index < -0.39 is 0 Å². The lowest BCUT2D eigenvalue weighted by molar-refractivity contribution is 0.416. The summed E-state index contributed by atoms with van der Waals surface area (Å²) in [5.74, 6) is 1.74. The van der Waals surface area contributed by atoms with Gasteiger partial charge in [0.1, 0.15) is 5.75 Å². The van der Waals surface area contributed by atoms with Crippen molar-refractivity contribution < 1.29 is 4.74 Å². The molecule has 3 rings (SSSR count). The molecule has 0 aliphatic heterocycles. The Kier molecular flexibility index (Phi) is 2.70. The van der Waals surface area contributed by atoms with Gasteiger partial charge < -0.3 is 14.6 Å². The minimum atomic E-state index is 0.614. The third-order valence-electron chi connectivity index (χ3n) is 3.15. The molecule has 4 nitrogen and oxygen atoms in total. The van der Waals surface area contributed by atoms with Crippen molar-refractivity contribution in [2.24, 2.45) is 0 Å². The smallest absolute Gasteiger partial charge is 0.207 e. The van der Waals surface area contributed by atoms with Gasteiger partial charge in [-0.25, -0.2) is 4.98 Å². The second-order valence-electron chi connectivity index (χ2n) is 4.67. The van der Waals surface area contributed by atoms with Gasteiger partial charge in [0.05, 0.1) is 18.5 Å². The average molecular weight is 243 g/mol. The van der Waals surface area contributed by atoms with Gasteiger partial charge in [-0.2, -0.15) is 0 Å². The van der Waals surface area contributed by atoms with E-state index in [0.29, 0.717) is 6.04 Å². The van der Waals surface area contributed by atoms with E-state index in [0.717, 1.165) is 23.1 Å². The first-order valence-electron chi connectivity index (χ1n) is 6.23. The number of rotatable bonds is 4. The predicted octanol–water partition coefficient (Wildman–Crippen LogP) is 3.28. The lowest BCUT2D eigenvalue weighted by atomic mass is 10.3. The fourth-order valence-electron chi connectivity index (χ4n) is 2.11. The monoisotopic (exact) mass is 243 g/mol. The van der Waals surface area contributed by atoms with Crippen molar-refractivity contribution in [3.63, 3.8) is 0 Å². The number of anilines is 2. The molecule has 1 aliphatic rings. The Morgan fingerprint density at radius 1 is 1.33 bits per heavy atom. The molecular formula is C14H17N3O. The first-order chi connectivity index (χ1) is 8.78. The number of ether oxygens (including phenoxy) is 1. The topological polar surface area (TPSA) is 39.1 Å². The summed E-state index contributed by atoms with van der Waals surface area (Å²) >= 11 is 0. The maximum absolute atomic E-state index is 5.34. The molecule has 94 valence electrons. The molecule has 1 aliphatic carbocycles. The molecule has 0 unspecified atom stereocenters. The molecule has 0 radical (unpaired) electrons. The first kappa shape index (κ1) is 11.1. The summed E-state index contributed by atoms with van der Waals surface area (Å²) < 4.78 is 7.56. The Hall–Kier alpha value is -1.97. The fraction of sp³-hybridized carbons (Fsp3) is 0.357. The van der Waals surface area contributed by atoms with E-state index in [1.807, 2.05) is 31.2 Å². The summed E-state index contributed by atoms with van der Waals surface area (Å²) in [5.41, 5.74) is 1.99. The van der Waals surface area contributed by atoms with Crippen molar-refractivity contribution in [3.8, 4) is 5.75 Å². The molecule has 1 saturated carbocycles. The quantitative estimate of drug-likeness (QED) is 0.895.